The van der Waals surface area contributed by atoms with Crippen LogP contribution in [-0.2, 0) is 0 Å². The highest BCUT2D eigenvalue weighted by atomic mass is 35.5. The van der Waals surface area contributed by atoms with E-state index in [1.165, 1.54) is 4.90 Å². The zero-order valence-corrected chi connectivity index (χ0v) is 10.3. The summed E-state index contributed by atoms with van der Waals surface area (Å²) >= 11 is 5.54. The summed E-state index contributed by atoms with van der Waals surface area (Å²) < 4.78 is 26.1. The van der Waals surface area contributed by atoms with Crippen LogP contribution < -0.4 is 0 Å². The molecule has 0 radical (unpaired) electrons. The lowest BCUT2D eigenvalue weighted by molar-refractivity contribution is 0.0760. The average molecular weight is 262 g/mol. The second-order valence-corrected chi connectivity index (χ2v) is 3.93. The van der Waals surface area contributed by atoms with Crippen molar-refractivity contribution in [1.29, 1.82) is 0 Å². The van der Waals surface area contributed by atoms with E-state index >= 15 is 0 Å². The highest BCUT2D eigenvalue weighted by molar-refractivity contribution is 6.17. The van der Waals surface area contributed by atoms with Gasteiger partial charge in [0.2, 0.25) is 0 Å². The Morgan fingerprint density at radius 2 is 2.12 bits per heavy atom. The molecule has 17 heavy (non-hydrogen) atoms. The van der Waals surface area contributed by atoms with E-state index in [-0.39, 0.29) is 5.56 Å². The molecular formula is C12H14ClF2NO. The lowest BCUT2D eigenvalue weighted by atomic mass is 10.1. The zero-order valence-electron chi connectivity index (χ0n) is 9.55. The SMILES string of the molecule is CCN(CCCCl)C(=O)c1ccc(F)cc1F. The van der Waals surface area contributed by atoms with Crippen LogP contribution in [0.5, 0.6) is 0 Å². The fourth-order valence-electron chi connectivity index (χ4n) is 1.49. The van der Waals surface area contributed by atoms with Crippen molar-refractivity contribution in [2.45, 2.75) is 13.3 Å². The largest absolute Gasteiger partial charge is 0.339 e. The van der Waals surface area contributed by atoms with Crippen LogP contribution in [0.1, 0.15) is 23.7 Å². The molecule has 0 aliphatic carbocycles. The van der Waals surface area contributed by atoms with Gasteiger partial charge in [-0.25, -0.2) is 8.78 Å². The lowest BCUT2D eigenvalue weighted by Gasteiger charge is -2.20. The number of carbonyl (C=O) groups excluding carboxylic acids is 1. The first-order valence-corrected chi connectivity index (χ1v) is 5.94. The van der Waals surface area contributed by atoms with E-state index < -0.39 is 17.5 Å². The van der Waals surface area contributed by atoms with E-state index in [0.717, 1.165) is 12.1 Å². The number of alkyl halides is 1. The summed E-state index contributed by atoms with van der Waals surface area (Å²) in [5, 5.41) is 0. The molecule has 1 aromatic rings. The molecule has 0 heterocycles. The first-order valence-electron chi connectivity index (χ1n) is 5.40. The fourth-order valence-corrected chi connectivity index (χ4v) is 1.61. The number of rotatable bonds is 5. The molecule has 0 bridgehead atoms. The standard InChI is InChI=1S/C12H14ClF2NO/c1-2-16(7-3-6-13)12(17)10-5-4-9(14)8-11(10)15/h4-5,8H,2-3,6-7H2,1H3. The van der Waals surface area contributed by atoms with Gasteiger partial charge in [-0.3, -0.25) is 4.79 Å². The molecule has 0 aromatic heterocycles. The Morgan fingerprint density at radius 3 is 2.65 bits per heavy atom. The van der Waals surface area contributed by atoms with Gasteiger partial charge in [-0.05, 0) is 25.5 Å². The van der Waals surface area contributed by atoms with Crippen LogP contribution in [0.4, 0.5) is 8.78 Å². The normalized spacial score (nSPS) is 10.4. The molecule has 0 aliphatic rings. The minimum absolute atomic E-state index is 0.108. The maximum Gasteiger partial charge on any atom is 0.256 e. The van der Waals surface area contributed by atoms with Gasteiger partial charge in [0.15, 0.2) is 0 Å². The fraction of sp³-hybridized carbons (Fsp3) is 0.417. The highest BCUT2D eigenvalue weighted by Crippen LogP contribution is 2.12. The summed E-state index contributed by atoms with van der Waals surface area (Å²) in [6.07, 6.45) is 0.643. The van der Waals surface area contributed by atoms with Crippen LogP contribution in [0.2, 0.25) is 0 Å². The number of hydrogen-bond donors (Lipinski definition) is 0. The molecule has 0 unspecified atom stereocenters. The molecule has 5 heteroatoms. The van der Waals surface area contributed by atoms with Crippen LogP contribution in [0, 0.1) is 11.6 Å². The predicted octanol–water partition coefficient (Wildman–Crippen LogP) is 3.06. The van der Waals surface area contributed by atoms with Crippen molar-refractivity contribution in [3.05, 3.63) is 35.4 Å². The van der Waals surface area contributed by atoms with Crippen molar-refractivity contribution in [3.63, 3.8) is 0 Å². The Labute approximate surface area is 104 Å². The van der Waals surface area contributed by atoms with E-state index in [2.05, 4.69) is 0 Å². The zero-order chi connectivity index (χ0) is 12.8. The van der Waals surface area contributed by atoms with Crippen LogP contribution in [0.25, 0.3) is 0 Å². The molecule has 94 valence electrons. The Hall–Kier alpha value is -1.16. The summed E-state index contributed by atoms with van der Waals surface area (Å²) in [6.45, 7) is 2.73. The minimum Gasteiger partial charge on any atom is -0.339 e. The molecule has 0 saturated heterocycles. The number of benzene rings is 1. The summed E-state index contributed by atoms with van der Waals surface area (Å²) in [5.74, 6) is -1.52. The van der Waals surface area contributed by atoms with Crippen LogP contribution in [0.15, 0.2) is 18.2 Å². The third-order valence-electron chi connectivity index (χ3n) is 2.39. The molecule has 1 aromatic carbocycles. The minimum atomic E-state index is -0.834. The Kier molecular flexibility index (Phi) is 5.35. The van der Waals surface area contributed by atoms with Crippen molar-refractivity contribution in [1.82, 2.24) is 4.90 Å². The smallest absolute Gasteiger partial charge is 0.256 e. The van der Waals surface area contributed by atoms with Crippen molar-refractivity contribution >= 4 is 17.5 Å². The van der Waals surface area contributed by atoms with Gasteiger partial charge in [0, 0.05) is 25.0 Å². The summed E-state index contributed by atoms with van der Waals surface area (Å²) in [5.41, 5.74) is -0.108. The number of amides is 1. The molecule has 1 rings (SSSR count). The molecular weight excluding hydrogens is 248 g/mol. The van der Waals surface area contributed by atoms with Crippen LogP contribution in [-0.4, -0.2) is 29.8 Å². The van der Waals surface area contributed by atoms with Gasteiger partial charge in [-0.15, -0.1) is 11.6 Å². The quantitative estimate of drug-likeness (QED) is 0.746. The first-order chi connectivity index (χ1) is 8.10. The molecule has 0 fully saturated rings. The summed E-state index contributed by atoms with van der Waals surface area (Å²) in [7, 11) is 0. The third kappa shape index (κ3) is 3.66. The average Bonchev–Trinajstić information content (AvgIpc) is 2.29. The van der Waals surface area contributed by atoms with E-state index in [9.17, 15) is 13.6 Å². The van der Waals surface area contributed by atoms with Crippen molar-refractivity contribution in [2.75, 3.05) is 19.0 Å². The topological polar surface area (TPSA) is 20.3 Å². The molecule has 2 nitrogen and oxygen atoms in total. The molecule has 1 amide bonds. The van der Waals surface area contributed by atoms with Gasteiger partial charge in [-0.2, -0.15) is 0 Å². The number of hydrogen-bond acceptors (Lipinski definition) is 1. The lowest BCUT2D eigenvalue weighted by Crippen LogP contribution is -2.32. The van der Waals surface area contributed by atoms with Crippen LogP contribution >= 0.6 is 11.6 Å². The predicted molar refractivity (Wildman–Crippen MR) is 63.3 cm³/mol. The molecule has 0 N–H and O–H groups in total. The van der Waals surface area contributed by atoms with E-state index in [1.54, 1.807) is 6.92 Å². The van der Waals surface area contributed by atoms with Gasteiger partial charge in [0.25, 0.3) is 5.91 Å². The highest BCUT2D eigenvalue weighted by Gasteiger charge is 2.17. The Bertz CT molecular complexity index is 398. The Morgan fingerprint density at radius 1 is 1.41 bits per heavy atom. The first kappa shape index (κ1) is 13.9. The monoisotopic (exact) mass is 261 g/mol. The molecule has 0 aliphatic heterocycles. The van der Waals surface area contributed by atoms with E-state index in [1.807, 2.05) is 0 Å². The summed E-state index contributed by atoms with van der Waals surface area (Å²) in [6, 6.07) is 2.95. The van der Waals surface area contributed by atoms with Gasteiger partial charge in [0.1, 0.15) is 11.6 Å². The van der Waals surface area contributed by atoms with E-state index in [0.29, 0.717) is 31.5 Å². The van der Waals surface area contributed by atoms with Gasteiger partial charge < -0.3 is 4.90 Å². The second-order valence-electron chi connectivity index (χ2n) is 3.55. The third-order valence-corrected chi connectivity index (χ3v) is 2.66. The number of carbonyl (C=O) groups is 1. The molecule has 0 spiro atoms. The maximum atomic E-state index is 13.4. The maximum absolute atomic E-state index is 13.4. The Balaban J connectivity index is 2.86. The van der Waals surface area contributed by atoms with Crippen molar-refractivity contribution in [2.24, 2.45) is 0 Å². The van der Waals surface area contributed by atoms with Gasteiger partial charge in [-0.1, -0.05) is 0 Å². The second kappa shape index (κ2) is 6.55. The van der Waals surface area contributed by atoms with E-state index in [4.69, 9.17) is 11.6 Å². The number of nitrogens with zero attached hydrogens (tertiary/aromatic N) is 1. The van der Waals surface area contributed by atoms with Crippen molar-refractivity contribution in [3.8, 4) is 0 Å². The molecule has 0 atom stereocenters. The van der Waals surface area contributed by atoms with Crippen molar-refractivity contribution < 1.29 is 13.6 Å². The summed E-state index contributed by atoms with van der Waals surface area (Å²) in [4.78, 5) is 13.4. The number of halogens is 3. The van der Waals surface area contributed by atoms with Gasteiger partial charge in [0.05, 0.1) is 5.56 Å². The van der Waals surface area contributed by atoms with Crippen LogP contribution in [0.3, 0.4) is 0 Å². The molecule has 0 saturated carbocycles. The van der Waals surface area contributed by atoms with Gasteiger partial charge >= 0.3 is 0 Å².